The van der Waals surface area contributed by atoms with Gasteiger partial charge in [0, 0.05) is 5.56 Å². The first kappa shape index (κ1) is 21.1. The van der Waals surface area contributed by atoms with Crippen LogP contribution < -0.4 is 4.90 Å². The van der Waals surface area contributed by atoms with Gasteiger partial charge in [-0.25, -0.2) is 4.98 Å². The van der Waals surface area contributed by atoms with E-state index in [4.69, 9.17) is 4.98 Å². The predicted molar refractivity (Wildman–Crippen MR) is 138 cm³/mol. The normalized spacial score (nSPS) is 10.9. The Morgan fingerprint density at radius 1 is 0.788 bits per heavy atom. The van der Waals surface area contributed by atoms with E-state index in [0.717, 1.165) is 38.5 Å². The topological polar surface area (TPSA) is 33.2 Å². The highest BCUT2D eigenvalue weighted by atomic mass is 32.1. The summed E-state index contributed by atoms with van der Waals surface area (Å²) in [5, 5.41) is 0.729. The number of carbonyl (C=O) groups is 1. The molecule has 5 aromatic rings. The lowest BCUT2D eigenvalue weighted by Crippen LogP contribution is -2.30. The second kappa shape index (κ2) is 9.39. The number of aryl methyl sites for hydroxylation is 1. The summed E-state index contributed by atoms with van der Waals surface area (Å²) >= 11 is 1.57. The lowest BCUT2D eigenvalue weighted by Gasteiger charge is -2.20. The summed E-state index contributed by atoms with van der Waals surface area (Å²) in [6, 6.07) is 34.4. The summed E-state index contributed by atoms with van der Waals surface area (Å²) in [6.07, 6.45) is 0.911. The summed E-state index contributed by atoms with van der Waals surface area (Å²) < 4.78 is 1.11. The molecule has 0 radical (unpaired) electrons. The molecule has 4 aromatic carbocycles. The number of anilines is 1. The summed E-state index contributed by atoms with van der Waals surface area (Å²) in [4.78, 5) is 20.4. The van der Waals surface area contributed by atoms with Crippen LogP contribution in [0.25, 0.3) is 21.3 Å². The molecule has 0 atom stereocenters. The van der Waals surface area contributed by atoms with E-state index in [9.17, 15) is 4.79 Å². The molecule has 0 spiro atoms. The predicted octanol–water partition coefficient (Wildman–Crippen LogP) is 7.37. The molecule has 0 aliphatic carbocycles. The molecule has 1 heterocycles. The van der Waals surface area contributed by atoms with Crippen molar-refractivity contribution in [1.82, 2.24) is 4.98 Å². The van der Waals surface area contributed by atoms with E-state index in [0.29, 0.717) is 12.1 Å². The monoisotopic (exact) mass is 448 g/mol. The van der Waals surface area contributed by atoms with Crippen molar-refractivity contribution < 1.29 is 4.79 Å². The number of aromatic nitrogens is 1. The minimum Gasteiger partial charge on any atom is -0.279 e. The Labute approximate surface area is 198 Å². The number of fused-ring (bicyclic) bond motifs is 1. The van der Waals surface area contributed by atoms with Crippen molar-refractivity contribution >= 4 is 32.6 Å². The van der Waals surface area contributed by atoms with Gasteiger partial charge in [0.05, 0.1) is 16.8 Å². The standard InChI is InChI=1S/C29H24N2OS/c1-2-22-14-9-15-26-27(22)30-29(33-26)31(20-21-10-5-3-6-11-21)28(32)25-18-16-24(17-19-25)23-12-7-4-8-13-23/h3-19H,2,20H2,1H3. The van der Waals surface area contributed by atoms with E-state index >= 15 is 0 Å². The largest absolute Gasteiger partial charge is 0.279 e. The SMILES string of the molecule is CCc1cccc2sc(N(Cc3ccccc3)C(=O)c3ccc(-c4ccccc4)cc3)nc12. The highest BCUT2D eigenvalue weighted by molar-refractivity contribution is 7.22. The van der Waals surface area contributed by atoms with Crippen molar-refractivity contribution in [3.63, 3.8) is 0 Å². The van der Waals surface area contributed by atoms with Gasteiger partial charge in [-0.2, -0.15) is 0 Å². The minimum absolute atomic E-state index is 0.0458. The molecule has 0 aliphatic rings. The second-order valence-corrected chi connectivity index (χ2v) is 8.94. The molecule has 5 rings (SSSR count). The lowest BCUT2D eigenvalue weighted by atomic mass is 10.0. The summed E-state index contributed by atoms with van der Waals surface area (Å²) in [5.41, 5.74) is 6.15. The number of thiazole rings is 1. The van der Waals surface area contributed by atoms with Crippen LogP contribution in [0.5, 0.6) is 0 Å². The smallest absolute Gasteiger partial charge is 0.260 e. The Morgan fingerprint density at radius 2 is 1.45 bits per heavy atom. The van der Waals surface area contributed by atoms with E-state index < -0.39 is 0 Å². The third-order valence-corrected chi connectivity index (χ3v) is 6.81. The molecular formula is C29H24N2OS. The Morgan fingerprint density at radius 3 is 2.15 bits per heavy atom. The van der Waals surface area contributed by atoms with E-state index in [-0.39, 0.29) is 5.91 Å². The highest BCUT2D eigenvalue weighted by Crippen LogP contribution is 2.33. The minimum atomic E-state index is -0.0458. The highest BCUT2D eigenvalue weighted by Gasteiger charge is 2.22. The fourth-order valence-electron chi connectivity index (χ4n) is 3.98. The van der Waals surface area contributed by atoms with E-state index in [1.165, 1.54) is 5.56 Å². The van der Waals surface area contributed by atoms with E-state index in [1.807, 2.05) is 72.8 Å². The van der Waals surface area contributed by atoms with Gasteiger partial charge in [0.25, 0.3) is 5.91 Å². The maximum Gasteiger partial charge on any atom is 0.260 e. The fourth-order valence-corrected chi connectivity index (χ4v) is 4.99. The number of nitrogens with zero attached hydrogens (tertiary/aromatic N) is 2. The number of rotatable bonds is 6. The summed E-state index contributed by atoms with van der Waals surface area (Å²) in [7, 11) is 0. The number of hydrogen-bond acceptors (Lipinski definition) is 3. The molecule has 3 nitrogen and oxygen atoms in total. The van der Waals surface area contributed by atoms with Crippen LogP contribution in [0.1, 0.15) is 28.4 Å². The van der Waals surface area contributed by atoms with Crippen LogP contribution in [-0.2, 0) is 13.0 Å². The summed E-state index contributed by atoms with van der Waals surface area (Å²) in [6.45, 7) is 2.61. The average Bonchev–Trinajstić information content (AvgIpc) is 3.32. The van der Waals surface area contributed by atoms with Crippen molar-refractivity contribution in [1.29, 1.82) is 0 Å². The van der Waals surface area contributed by atoms with Crippen molar-refractivity contribution in [3.05, 3.63) is 120 Å². The molecule has 0 unspecified atom stereocenters. The zero-order chi connectivity index (χ0) is 22.6. The average molecular weight is 449 g/mol. The number of carbonyl (C=O) groups excluding carboxylic acids is 1. The van der Waals surface area contributed by atoms with E-state index in [2.05, 4.69) is 37.3 Å². The molecule has 0 saturated heterocycles. The third kappa shape index (κ3) is 4.43. The van der Waals surface area contributed by atoms with Crippen LogP contribution in [0.3, 0.4) is 0 Å². The van der Waals surface area contributed by atoms with Gasteiger partial charge in [0.1, 0.15) is 0 Å². The molecule has 0 N–H and O–H groups in total. The number of para-hydroxylation sites is 1. The molecule has 4 heteroatoms. The van der Waals surface area contributed by atoms with Crippen LogP contribution in [0.15, 0.2) is 103 Å². The summed E-state index contributed by atoms with van der Waals surface area (Å²) in [5.74, 6) is -0.0458. The van der Waals surface area contributed by atoms with Crippen LogP contribution in [0, 0.1) is 0 Å². The maximum absolute atomic E-state index is 13.7. The van der Waals surface area contributed by atoms with Crippen molar-refractivity contribution in [2.45, 2.75) is 19.9 Å². The first-order valence-corrected chi connectivity index (χ1v) is 11.9. The van der Waals surface area contributed by atoms with Crippen LogP contribution >= 0.6 is 11.3 Å². The Bertz CT molecular complexity index is 1380. The van der Waals surface area contributed by atoms with Gasteiger partial charge in [0.2, 0.25) is 0 Å². The van der Waals surface area contributed by atoms with Crippen molar-refractivity contribution in [2.75, 3.05) is 4.90 Å². The molecule has 33 heavy (non-hydrogen) atoms. The molecule has 0 fully saturated rings. The molecule has 1 aromatic heterocycles. The molecular weight excluding hydrogens is 424 g/mol. The van der Waals surface area contributed by atoms with Crippen LogP contribution in [-0.4, -0.2) is 10.9 Å². The number of amides is 1. The fraction of sp³-hybridized carbons (Fsp3) is 0.103. The third-order valence-electron chi connectivity index (χ3n) is 5.77. The van der Waals surface area contributed by atoms with Gasteiger partial charge in [-0.3, -0.25) is 9.69 Å². The van der Waals surface area contributed by atoms with Gasteiger partial charge >= 0.3 is 0 Å². The molecule has 0 bridgehead atoms. The van der Waals surface area contributed by atoms with Crippen molar-refractivity contribution in [3.8, 4) is 11.1 Å². The maximum atomic E-state index is 13.7. The molecule has 162 valence electrons. The van der Waals surface area contributed by atoms with Gasteiger partial charge in [-0.15, -0.1) is 0 Å². The lowest BCUT2D eigenvalue weighted by molar-refractivity contribution is 0.0985. The van der Waals surface area contributed by atoms with Crippen LogP contribution in [0.4, 0.5) is 5.13 Å². The zero-order valence-corrected chi connectivity index (χ0v) is 19.3. The van der Waals surface area contributed by atoms with E-state index in [1.54, 1.807) is 16.2 Å². The quantitative estimate of drug-likeness (QED) is 0.272. The van der Waals surface area contributed by atoms with Gasteiger partial charge < -0.3 is 0 Å². The second-order valence-electron chi connectivity index (χ2n) is 7.93. The molecule has 0 saturated carbocycles. The Balaban J connectivity index is 1.52. The molecule has 0 aliphatic heterocycles. The first-order valence-electron chi connectivity index (χ1n) is 11.1. The van der Waals surface area contributed by atoms with Crippen molar-refractivity contribution in [2.24, 2.45) is 0 Å². The first-order chi connectivity index (χ1) is 16.2. The molecule has 1 amide bonds. The zero-order valence-electron chi connectivity index (χ0n) is 18.4. The van der Waals surface area contributed by atoms with Gasteiger partial charge in [0.15, 0.2) is 5.13 Å². The number of hydrogen-bond donors (Lipinski definition) is 0. The number of benzene rings is 4. The Hall–Kier alpha value is -3.76. The Kier molecular flexibility index (Phi) is 6.01. The van der Waals surface area contributed by atoms with Crippen LogP contribution in [0.2, 0.25) is 0 Å². The van der Waals surface area contributed by atoms with Gasteiger partial charge in [-0.1, -0.05) is 103 Å². The van der Waals surface area contributed by atoms with Gasteiger partial charge in [-0.05, 0) is 46.9 Å².